The molecule has 0 heterocycles. The average molecular weight is 293 g/mol. The molecule has 17 heavy (non-hydrogen) atoms. The number of carbonyl (C=O) groups excluding carboxylic acids is 1. The number of esters is 1. The van der Waals surface area contributed by atoms with Gasteiger partial charge in [0.2, 0.25) is 0 Å². The highest BCUT2D eigenvalue weighted by molar-refractivity contribution is 9.09. The Bertz CT molecular complexity index is 549. The smallest absolute Gasteiger partial charge is 0.338 e. The Morgan fingerprint density at radius 2 is 1.88 bits per heavy atom. The minimum atomic E-state index is -0.286. The summed E-state index contributed by atoms with van der Waals surface area (Å²) in [4.78, 5) is 11.7. The van der Waals surface area contributed by atoms with E-state index >= 15 is 0 Å². The van der Waals surface area contributed by atoms with Crippen LogP contribution in [-0.4, -0.2) is 18.4 Å². The summed E-state index contributed by atoms with van der Waals surface area (Å²) in [6.45, 7) is 0. The van der Waals surface area contributed by atoms with E-state index in [2.05, 4.69) is 15.9 Å². The fourth-order valence-corrected chi connectivity index (χ4v) is 2.40. The number of fused-ring (bicyclic) bond motifs is 1. The lowest BCUT2D eigenvalue weighted by atomic mass is 9.98. The summed E-state index contributed by atoms with van der Waals surface area (Å²) in [5.74, 6) is -0.286. The lowest BCUT2D eigenvalue weighted by Gasteiger charge is -2.09. The fourth-order valence-electron chi connectivity index (χ4n) is 1.97. The molecule has 2 aromatic carbocycles. The van der Waals surface area contributed by atoms with Gasteiger partial charge in [-0.1, -0.05) is 46.3 Å². The van der Waals surface area contributed by atoms with Crippen LogP contribution < -0.4 is 0 Å². The Hall–Kier alpha value is -1.35. The van der Waals surface area contributed by atoms with Crippen molar-refractivity contribution in [2.75, 3.05) is 12.4 Å². The minimum Gasteiger partial charge on any atom is -0.465 e. The van der Waals surface area contributed by atoms with Crippen molar-refractivity contribution in [3.05, 3.63) is 47.5 Å². The van der Waals surface area contributed by atoms with Gasteiger partial charge >= 0.3 is 5.97 Å². The Labute approximate surface area is 109 Å². The van der Waals surface area contributed by atoms with Crippen molar-refractivity contribution in [3.8, 4) is 0 Å². The normalized spacial score (nSPS) is 10.5. The summed E-state index contributed by atoms with van der Waals surface area (Å²) < 4.78 is 4.80. The number of hydrogen-bond donors (Lipinski definition) is 0. The van der Waals surface area contributed by atoms with Gasteiger partial charge in [0.1, 0.15) is 0 Å². The van der Waals surface area contributed by atoms with Crippen molar-refractivity contribution in [2.45, 2.75) is 6.42 Å². The molecule has 0 amide bonds. The van der Waals surface area contributed by atoms with Crippen LogP contribution in [0.5, 0.6) is 0 Å². The number of hydrogen-bond acceptors (Lipinski definition) is 2. The molecule has 2 nitrogen and oxygen atoms in total. The Kier molecular flexibility index (Phi) is 3.79. The highest BCUT2D eigenvalue weighted by Crippen LogP contribution is 2.24. The maximum atomic E-state index is 11.7. The fraction of sp³-hybridized carbons (Fsp3) is 0.214. The number of halogens is 1. The molecule has 3 heteroatoms. The number of carbonyl (C=O) groups is 1. The van der Waals surface area contributed by atoms with Gasteiger partial charge in [0.05, 0.1) is 12.7 Å². The van der Waals surface area contributed by atoms with Crippen molar-refractivity contribution in [1.82, 2.24) is 0 Å². The van der Waals surface area contributed by atoms with Crippen molar-refractivity contribution in [3.63, 3.8) is 0 Å². The standard InChI is InChI=1S/C14H13BrO2/c1-17-14(16)13-7-6-10(8-9-15)11-4-2-3-5-12(11)13/h2-7H,8-9H2,1H3. The summed E-state index contributed by atoms with van der Waals surface area (Å²) in [6.07, 6.45) is 0.946. The lowest BCUT2D eigenvalue weighted by Crippen LogP contribution is -2.03. The predicted octanol–water partition coefficient (Wildman–Crippen LogP) is 3.56. The highest BCUT2D eigenvalue weighted by Gasteiger charge is 2.11. The largest absolute Gasteiger partial charge is 0.465 e. The van der Waals surface area contributed by atoms with E-state index in [-0.39, 0.29) is 5.97 Å². The number of methoxy groups -OCH3 is 1. The Morgan fingerprint density at radius 3 is 2.53 bits per heavy atom. The summed E-state index contributed by atoms with van der Waals surface area (Å²) in [7, 11) is 1.41. The zero-order chi connectivity index (χ0) is 12.3. The molecule has 0 aliphatic rings. The predicted molar refractivity (Wildman–Crippen MR) is 72.8 cm³/mol. The summed E-state index contributed by atoms with van der Waals surface area (Å²) >= 11 is 3.44. The molecule has 88 valence electrons. The van der Waals surface area contributed by atoms with Crippen LogP contribution in [0.3, 0.4) is 0 Å². The Morgan fingerprint density at radius 1 is 1.18 bits per heavy atom. The van der Waals surface area contributed by atoms with E-state index in [1.807, 2.05) is 36.4 Å². The molecule has 0 fully saturated rings. The van der Waals surface area contributed by atoms with E-state index in [0.29, 0.717) is 5.56 Å². The van der Waals surface area contributed by atoms with Gasteiger partial charge in [0.25, 0.3) is 0 Å². The van der Waals surface area contributed by atoms with Crippen LogP contribution in [0.15, 0.2) is 36.4 Å². The van der Waals surface area contributed by atoms with Gasteiger partial charge in [-0.25, -0.2) is 4.79 Å². The van der Waals surface area contributed by atoms with Gasteiger partial charge in [-0.15, -0.1) is 0 Å². The summed E-state index contributed by atoms with van der Waals surface area (Å²) in [6, 6.07) is 11.8. The molecule has 0 bridgehead atoms. The van der Waals surface area contributed by atoms with Gasteiger partial charge in [-0.05, 0) is 28.8 Å². The number of rotatable bonds is 3. The molecule has 0 saturated heterocycles. The van der Waals surface area contributed by atoms with E-state index in [1.165, 1.54) is 12.7 Å². The van der Waals surface area contributed by atoms with E-state index < -0.39 is 0 Å². The van der Waals surface area contributed by atoms with Gasteiger partial charge in [-0.2, -0.15) is 0 Å². The number of benzene rings is 2. The van der Waals surface area contributed by atoms with Crippen LogP contribution in [0.2, 0.25) is 0 Å². The molecular weight excluding hydrogens is 280 g/mol. The van der Waals surface area contributed by atoms with Crippen LogP contribution >= 0.6 is 15.9 Å². The highest BCUT2D eigenvalue weighted by atomic mass is 79.9. The second kappa shape index (κ2) is 5.32. The first-order chi connectivity index (χ1) is 8.27. The molecule has 0 aromatic heterocycles. The van der Waals surface area contributed by atoms with Gasteiger partial charge in [-0.3, -0.25) is 0 Å². The number of aryl methyl sites for hydroxylation is 1. The molecular formula is C14H13BrO2. The summed E-state index contributed by atoms with van der Waals surface area (Å²) in [5.41, 5.74) is 1.87. The van der Waals surface area contributed by atoms with E-state index in [9.17, 15) is 4.79 Å². The van der Waals surface area contributed by atoms with Gasteiger partial charge in [0.15, 0.2) is 0 Å². The molecule has 2 rings (SSSR count). The minimum absolute atomic E-state index is 0.286. The monoisotopic (exact) mass is 292 g/mol. The van der Waals surface area contributed by atoms with Crippen LogP contribution in [-0.2, 0) is 11.2 Å². The molecule has 0 radical (unpaired) electrons. The lowest BCUT2D eigenvalue weighted by molar-refractivity contribution is 0.0603. The second-order valence-corrected chi connectivity index (χ2v) is 4.54. The second-order valence-electron chi connectivity index (χ2n) is 3.75. The third kappa shape index (κ3) is 2.34. The molecule has 0 aliphatic carbocycles. The van der Waals surface area contributed by atoms with E-state index in [1.54, 1.807) is 0 Å². The number of alkyl halides is 1. The molecule has 0 spiro atoms. The molecule has 0 unspecified atom stereocenters. The third-order valence-electron chi connectivity index (χ3n) is 2.78. The van der Waals surface area contributed by atoms with E-state index in [4.69, 9.17) is 4.74 Å². The van der Waals surface area contributed by atoms with Crippen LogP contribution in [0.4, 0.5) is 0 Å². The molecule has 2 aromatic rings. The van der Waals surface area contributed by atoms with Crippen molar-refractivity contribution in [1.29, 1.82) is 0 Å². The first kappa shape index (κ1) is 12.1. The van der Waals surface area contributed by atoms with Gasteiger partial charge < -0.3 is 4.74 Å². The van der Waals surface area contributed by atoms with Crippen molar-refractivity contribution in [2.24, 2.45) is 0 Å². The van der Waals surface area contributed by atoms with Crippen molar-refractivity contribution >= 4 is 32.7 Å². The third-order valence-corrected chi connectivity index (χ3v) is 3.18. The molecule has 0 N–H and O–H groups in total. The quantitative estimate of drug-likeness (QED) is 0.639. The molecule has 0 atom stereocenters. The zero-order valence-electron chi connectivity index (χ0n) is 9.57. The molecule has 0 saturated carbocycles. The van der Waals surface area contributed by atoms with Crippen molar-refractivity contribution < 1.29 is 9.53 Å². The topological polar surface area (TPSA) is 26.3 Å². The average Bonchev–Trinajstić information content (AvgIpc) is 2.38. The zero-order valence-corrected chi connectivity index (χ0v) is 11.2. The molecule has 0 aliphatic heterocycles. The first-order valence-electron chi connectivity index (χ1n) is 5.43. The Balaban J connectivity index is 2.66. The maximum absolute atomic E-state index is 11.7. The van der Waals surface area contributed by atoms with Crippen LogP contribution in [0, 0.1) is 0 Å². The van der Waals surface area contributed by atoms with Gasteiger partial charge in [0, 0.05) is 5.33 Å². The number of ether oxygens (including phenoxy) is 1. The first-order valence-corrected chi connectivity index (χ1v) is 6.55. The van der Waals surface area contributed by atoms with Crippen LogP contribution in [0.1, 0.15) is 15.9 Å². The van der Waals surface area contributed by atoms with Crippen LogP contribution in [0.25, 0.3) is 10.8 Å². The SMILES string of the molecule is COC(=O)c1ccc(CCBr)c2ccccc12. The van der Waals surface area contributed by atoms with E-state index in [0.717, 1.165) is 22.5 Å². The maximum Gasteiger partial charge on any atom is 0.338 e. The summed E-state index contributed by atoms with van der Waals surface area (Å²) in [5, 5.41) is 2.99.